The molecular formula is C15H13ClN2O. The number of hydrogen-bond acceptors (Lipinski definition) is 2. The summed E-state index contributed by atoms with van der Waals surface area (Å²) in [6, 6.07) is 11.0. The molecule has 1 amide bonds. The van der Waals surface area contributed by atoms with E-state index in [2.05, 4.69) is 10.3 Å². The molecule has 96 valence electrons. The van der Waals surface area contributed by atoms with Crippen molar-refractivity contribution >= 4 is 29.4 Å². The summed E-state index contributed by atoms with van der Waals surface area (Å²) in [5.41, 5.74) is 1.85. The molecule has 0 saturated carbocycles. The number of carbonyl (C=O) groups is 1. The zero-order chi connectivity index (χ0) is 13.7. The molecule has 0 aliphatic heterocycles. The van der Waals surface area contributed by atoms with Gasteiger partial charge in [0.15, 0.2) is 0 Å². The first-order valence-corrected chi connectivity index (χ1v) is 6.19. The van der Waals surface area contributed by atoms with Crippen molar-refractivity contribution in [3.63, 3.8) is 0 Å². The zero-order valence-electron chi connectivity index (χ0n) is 10.4. The molecule has 0 unspecified atom stereocenters. The highest BCUT2D eigenvalue weighted by Gasteiger charge is 1.99. The van der Waals surface area contributed by atoms with E-state index in [1.54, 1.807) is 24.4 Å². The molecule has 3 nitrogen and oxygen atoms in total. The lowest BCUT2D eigenvalue weighted by Crippen LogP contribution is -2.08. The average molecular weight is 273 g/mol. The SMILES string of the molecule is Cc1ccc(NC(=O)C=Cc2ccccc2Cl)nc1. The van der Waals surface area contributed by atoms with Crippen molar-refractivity contribution in [1.82, 2.24) is 4.98 Å². The van der Waals surface area contributed by atoms with E-state index in [4.69, 9.17) is 11.6 Å². The number of amides is 1. The van der Waals surface area contributed by atoms with Crippen LogP contribution >= 0.6 is 11.6 Å². The van der Waals surface area contributed by atoms with Gasteiger partial charge in [-0.1, -0.05) is 35.9 Å². The highest BCUT2D eigenvalue weighted by molar-refractivity contribution is 6.32. The van der Waals surface area contributed by atoms with E-state index in [0.717, 1.165) is 11.1 Å². The Kier molecular flexibility index (Phi) is 4.31. The summed E-state index contributed by atoms with van der Waals surface area (Å²) >= 11 is 5.99. The number of nitrogens with zero attached hydrogens (tertiary/aromatic N) is 1. The quantitative estimate of drug-likeness (QED) is 0.866. The minimum atomic E-state index is -0.240. The molecule has 0 atom stereocenters. The Bertz CT molecular complexity index is 606. The van der Waals surface area contributed by atoms with Crippen LogP contribution in [0.2, 0.25) is 5.02 Å². The lowest BCUT2D eigenvalue weighted by Gasteiger charge is -2.01. The molecule has 0 fully saturated rings. The fourth-order valence-corrected chi connectivity index (χ4v) is 1.68. The van der Waals surface area contributed by atoms with Gasteiger partial charge in [-0.05, 0) is 36.3 Å². The summed E-state index contributed by atoms with van der Waals surface area (Å²) < 4.78 is 0. The lowest BCUT2D eigenvalue weighted by molar-refractivity contribution is -0.111. The van der Waals surface area contributed by atoms with Gasteiger partial charge in [-0.15, -0.1) is 0 Å². The van der Waals surface area contributed by atoms with Gasteiger partial charge in [-0.25, -0.2) is 4.98 Å². The molecule has 0 spiro atoms. The molecule has 1 aromatic heterocycles. The second-order valence-electron chi connectivity index (χ2n) is 4.06. The fourth-order valence-electron chi connectivity index (χ4n) is 1.49. The summed E-state index contributed by atoms with van der Waals surface area (Å²) in [6.45, 7) is 1.94. The molecular weight excluding hydrogens is 260 g/mol. The summed E-state index contributed by atoms with van der Waals surface area (Å²) in [4.78, 5) is 15.8. The van der Waals surface area contributed by atoms with Gasteiger partial charge >= 0.3 is 0 Å². The van der Waals surface area contributed by atoms with E-state index in [9.17, 15) is 4.79 Å². The Hall–Kier alpha value is -2.13. The van der Waals surface area contributed by atoms with E-state index >= 15 is 0 Å². The standard InChI is InChI=1S/C15H13ClN2O/c1-11-6-8-14(17-10-11)18-15(19)9-7-12-4-2-3-5-13(12)16/h2-10H,1H3,(H,17,18,19). The van der Waals surface area contributed by atoms with Gasteiger partial charge < -0.3 is 5.32 Å². The largest absolute Gasteiger partial charge is 0.307 e. The number of halogens is 1. The summed E-state index contributed by atoms with van der Waals surface area (Å²) in [5, 5.41) is 3.29. The lowest BCUT2D eigenvalue weighted by atomic mass is 10.2. The third-order valence-corrected chi connectivity index (χ3v) is 2.83. The van der Waals surface area contributed by atoms with Crippen LogP contribution in [-0.4, -0.2) is 10.9 Å². The van der Waals surface area contributed by atoms with Crippen LogP contribution in [0, 0.1) is 6.92 Å². The number of carbonyl (C=O) groups excluding carboxylic acids is 1. The fraction of sp³-hybridized carbons (Fsp3) is 0.0667. The average Bonchev–Trinajstić information content (AvgIpc) is 2.40. The zero-order valence-corrected chi connectivity index (χ0v) is 11.2. The van der Waals surface area contributed by atoms with Crippen molar-refractivity contribution in [3.8, 4) is 0 Å². The monoisotopic (exact) mass is 272 g/mol. The van der Waals surface area contributed by atoms with Crippen molar-refractivity contribution in [2.75, 3.05) is 5.32 Å². The second-order valence-corrected chi connectivity index (χ2v) is 4.47. The van der Waals surface area contributed by atoms with Crippen molar-refractivity contribution in [1.29, 1.82) is 0 Å². The van der Waals surface area contributed by atoms with Crippen LogP contribution in [0.5, 0.6) is 0 Å². The molecule has 4 heteroatoms. The Morgan fingerprint density at radius 1 is 1.26 bits per heavy atom. The van der Waals surface area contributed by atoms with E-state index < -0.39 is 0 Å². The van der Waals surface area contributed by atoms with E-state index in [0.29, 0.717) is 10.8 Å². The van der Waals surface area contributed by atoms with Crippen LogP contribution in [0.1, 0.15) is 11.1 Å². The Labute approximate surface area is 116 Å². The number of anilines is 1. The first-order chi connectivity index (χ1) is 9.15. The van der Waals surface area contributed by atoms with Gasteiger partial charge in [0, 0.05) is 17.3 Å². The van der Waals surface area contributed by atoms with Crippen molar-refractivity contribution in [3.05, 3.63) is 64.8 Å². The minimum Gasteiger partial charge on any atom is -0.307 e. The highest BCUT2D eigenvalue weighted by Crippen LogP contribution is 2.16. The number of benzene rings is 1. The summed E-state index contributed by atoms with van der Waals surface area (Å²) in [7, 11) is 0. The third-order valence-electron chi connectivity index (χ3n) is 2.48. The van der Waals surface area contributed by atoms with Gasteiger partial charge in [0.2, 0.25) is 5.91 Å². The minimum absolute atomic E-state index is 0.240. The number of pyridine rings is 1. The molecule has 1 heterocycles. The first kappa shape index (κ1) is 13.3. The maximum atomic E-state index is 11.7. The van der Waals surface area contributed by atoms with Gasteiger partial charge in [-0.3, -0.25) is 4.79 Å². The van der Waals surface area contributed by atoms with Crippen LogP contribution in [0.3, 0.4) is 0 Å². The molecule has 19 heavy (non-hydrogen) atoms. The van der Waals surface area contributed by atoms with Crippen LogP contribution < -0.4 is 5.32 Å². The number of aromatic nitrogens is 1. The molecule has 0 saturated heterocycles. The van der Waals surface area contributed by atoms with Crippen LogP contribution in [0.25, 0.3) is 6.08 Å². The van der Waals surface area contributed by atoms with Gasteiger partial charge in [-0.2, -0.15) is 0 Å². The Morgan fingerprint density at radius 3 is 2.74 bits per heavy atom. The van der Waals surface area contributed by atoms with Gasteiger partial charge in [0.1, 0.15) is 5.82 Å². The maximum absolute atomic E-state index is 11.7. The number of hydrogen-bond donors (Lipinski definition) is 1. The number of nitrogens with one attached hydrogen (secondary N) is 1. The maximum Gasteiger partial charge on any atom is 0.249 e. The smallest absolute Gasteiger partial charge is 0.249 e. The molecule has 2 rings (SSSR count). The number of aryl methyl sites for hydroxylation is 1. The third kappa shape index (κ3) is 3.93. The molecule has 0 aliphatic carbocycles. The first-order valence-electron chi connectivity index (χ1n) is 5.81. The molecule has 0 bridgehead atoms. The Morgan fingerprint density at radius 2 is 2.05 bits per heavy atom. The molecule has 2 aromatic rings. The Balaban J connectivity index is 2.02. The van der Waals surface area contributed by atoms with Crippen molar-refractivity contribution in [2.45, 2.75) is 6.92 Å². The predicted molar refractivity (Wildman–Crippen MR) is 78.1 cm³/mol. The molecule has 1 aromatic carbocycles. The van der Waals surface area contributed by atoms with E-state index in [-0.39, 0.29) is 5.91 Å². The van der Waals surface area contributed by atoms with Gasteiger partial charge in [0.25, 0.3) is 0 Å². The van der Waals surface area contributed by atoms with Gasteiger partial charge in [0.05, 0.1) is 0 Å². The van der Waals surface area contributed by atoms with E-state index in [1.165, 1.54) is 6.08 Å². The van der Waals surface area contributed by atoms with Crippen molar-refractivity contribution in [2.24, 2.45) is 0 Å². The van der Waals surface area contributed by atoms with Crippen LogP contribution in [0.4, 0.5) is 5.82 Å². The van der Waals surface area contributed by atoms with Crippen molar-refractivity contribution < 1.29 is 4.79 Å². The normalized spacial score (nSPS) is 10.6. The van der Waals surface area contributed by atoms with Crippen LogP contribution in [0.15, 0.2) is 48.7 Å². The topological polar surface area (TPSA) is 42.0 Å². The summed E-state index contributed by atoms with van der Waals surface area (Å²) in [6.07, 6.45) is 4.81. The highest BCUT2D eigenvalue weighted by atomic mass is 35.5. The molecule has 0 aliphatic rings. The summed E-state index contributed by atoms with van der Waals surface area (Å²) in [5.74, 6) is 0.288. The number of rotatable bonds is 3. The van der Waals surface area contributed by atoms with E-state index in [1.807, 2.05) is 31.2 Å². The van der Waals surface area contributed by atoms with Crippen LogP contribution in [-0.2, 0) is 4.79 Å². The molecule has 1 N–H and O–H groups in total. The second kappa shape index (κ2) is 6.16. The molecule has 0 radical (unpaired) electrons. The predicted octanol–water partition coefficient (Wildman–Crippen LogP) is 3.70.